The van der Waals surface area contributed by atoms with Crippen LogP contribution in [-0.2, 0) is 10.3 Å². The predicted octanol–water partition coefficient (Wildman–Crippen LogP) is 4.43. The summed E-state index contributed by atoms with van der Waals surface area (Å²) in [6.07, 6.45) is 1.44. The van der Waals surface area contributed by atoms with E-state index in [2.05, 4.69) is 0 Å². The highest BCUT2D eigenvalue weighted by Gasteiger charge is 2.39. The van der Waals surface area contributed by atoms with E-state index in [1.54, 1.807) is 6.92 Å². The standard InChI is InChI=1S/C22H22ClFO5/c1-2-22(28,14-7-9-29-10-8-14)15-11-17(21(26)27)19(18(24)12-15)20(25)13-3-5-16(23)6-4-13/h3-6,11-12,14,28H,2,7-10H2,1H3,(H,26,27). The number of ketones is 1. The van der Waals surface area contributed by atoms with E-state index < -0.39 is 34.3 Å². The summed E-state index contributed by atoms with van der Waals surface area (Å²) in [7, 11) is 0. The van der Waals surface area contributed by atoms with Crippen LogP contribution >= 0.6 is 11.6 Å². The Bertz CT molecular complexity index is 922. The molecule has 2 aromatic carbocycles. The highest BCUT2D eigenvalue weighted by molar-refractivity contribution is 6.30. The monoisotopic (exact) mass is 420 g/mol. The zero-order chi connectivity index (χ0) is 21.2. The van der Waals surface area contributed by atoms with Crippen molar-refractivity contribution in [2.45, 2.75) is 31.8 Å². The number of hydrogen-bond donors (Lipinski definition) is 2. The van der Waals surface area contributed by atoms with Gasteiger partial charge in [-0.05, 0) is 67.1 Å². The maximum absolute atomic E-state index is 15.1. The molecule has 154 valence electrons. The zero-order valence-electron chi connectivity index (χ0n) is 16.0. The largest absolute Gasteiger partial charge is 0.478 e. The Hall–Kier alpha value is -2.28. The Morgan fingerprint density at radius 2 is 1.83 bits per heavy atom. The highest BCUT2D eigenvalue weighted by Crippen LogP contribution is 2.40. The maximum Gasteiger partial charge on any atom is 0.336 e. The van der Waals surface area contributed by atoms with Gasteiger partial charge in [-0.25, -0.2) is 9.18 Å². The topological polar surface area (TPSA) is 83.8 Å². The molecule has 1 heterocycles. The summed E-state index contributed by atoms with van der Waals surface area (Å²) in [5.41, 5.74) is -2.13. The molecular formula is C22H22ClFO5. The number of carbonyl (C=O) groups excluding carboxylic acids is 1. The molecule has 0 aromatic heterocycles. The van der Waals surface area contributed by atoms with Gasteiger partial charge >= 0.3 is 5.97 Å². The third-order valence-electron chi connectivity index (χ3n) is 5.59. The summed E-state index contributed by atoms with van der Waals surface area (Å²) in [5, 5.41) is 21.4. The van der Waals surface area contributed by atoms with Crippen molar-refractivity contribution in [3.63, 3.8) is 0 Å². The number of halogens is 2. The Balaban J connectivity index is 2.10. The molecule has 1 aliphatic heterocycles. The Kier molecular flexibility index (Phi) is 6.36. The molecule has 0 radical (unpaired) electrons. The number of hydrogen-bond acceptors (Lipinski definition) is 4. The Morgan fingerprint density at radius 1 is 1.21 bits per heavy atom. The number of carbonyl (C=O) groups is 2. The summed E-state index contributed by atoms with van der Waals surface area (Å²) in [6, 6.07) is 8.06. The zero-order valence-corrected chi connectivity index (χ0v) is 16.7. The smallest absolute Gasteiger partial charge is 0.336 e. The first-order valence-electron chi connectivity index (χ1n) is 9.45. The molecule has 2 N–H and O–H groups in total. The lowest BCUT2D eigenvalue weighted by Gasteiger charge is -2.38. The molecule has 0 aliphatic carbocycles. The normalized spacial score (nSPS) is 17.0. The van der Waals surface area contributed by atoms with Crippen LogP contribution in [0.5, 0.6) is 0 Å². The van der Waals surface area contributed by atoms with Crippen molar-refractivity contribution in [1.29, 1.82) is 0 Å². The summed E-state index contributed by atoms with van der Waals surface area (Å²) in [4.78, 5) is 24.7. The van der Waals surface area contributed by atoms with E-state index in [1.165, 1.54) is 30.3 Å². The van der Waals surface area contributed by atoms with Crippen LogP contribution in [0.3, 0.4) is 0 Å². The minimum absolute atomic E-state index is 0.124. The molecule has 3 rings (SSSR count). The number of ether oxygens (including phenoxy) is 1. The Labute approximate surface area is 173 Å². The van der Waals surface area contributed by atoms with Gasteiger partial charge in [0.25, 0.3) is 0 Å². The average molecular weight is 421 g/mol. The molecule has 0 bridgehead atoms. The van der Waals surface area contributed by atoms with E-state index in [9.17, 15) is 19.8 Å². The molecule has 0 saturated carbocycles. The average Bonchev–Trinajstić information content (AvgIpc) is 2.73. The highest BCUT2D eigenvalue weighted by atomic mass is 35.5. The second-order valence-electron chi connectivity index (χ2n) is 7.19. The van der Waals surface area contributed by atoms with Crippen LogP contribution in [0.25, 0.3) is 0 Å². The fourth-order valence-electron chi connectivity index (χ4n) is 3.91. The summed E-state index contributed by atoms with van der Waals surface area (Å²) in [6.45, 7) is 2.73. The van der Waals surface area contributed by atoms with Gasteiger partial charge in [0.15, 0.2) is 5.78 Å². The second-order valence-corrected chi connectivity index (χ2v) is 7.62. The summed E-state index contributed by atoms with van der Waals surface area (Å²) < 4.78 is 20.4. The number of aliphatic hydroxyl groups is 1. The van der Waals surface area contributed by atoms with Gasteiger partial charge in [0.1, 0.15) is 5.82 Å². The van der Waals surface area contributed by atoms with Crippen molar-refractivity contribution < 1.29 is 28.9 Å². The SMILES string of the molecule is CCC(O)(c1cc(F)c(C(=O)c2ccc(Cl)cc2)c(C(=O)O)c1)C1CCOCC1. The van der Waals surface area contributed by atoms with Crippen molar-refractivity contribution in [3.8, 4) is 0 Å². The minimum Gasteiger partial charge on any atom is -0.478 e. The lowest BCUT2D eigenvalue weighted by Crippen LogP contribution is -2.38. The summed E-state index contributed by atoms with van der Waals surface area (Å²) >= 11 is 5.82. The van der Waals surface area contributed by atoms with E-state index in [0.717, 1.165) is 6.07 Å². The van der Waals surface area contributed by atoms with Crippen LogP contribution in [0.4, 0.5) is 4.39 Å². The predicted molar refractivity (Wildman–Crippen MR) is 106 cm³/mol. The first-order valence-corrected chi connectivity index (χ1v) is 9.83. The van der Waals surface area contributed by atoms with Crippen LogP contribution in [-0.4, -0.2) is 35.2 Å². The lowest BCUT2D eigenvalue weighted by atomic mass is 9.74. The maximum atomic E-state index is 15.1. The van der Waals surface area contributed by atoms with Gasteiger partial charge in [-0.2, -0.15) is 0 Å². The number of benzene rings is 2. The van der Waals surface area contributed by atoms with Crippen molar-refractivity contribution in [1.82, 2.24) is 0 Å². The van der Waals surface area contributed by atoms with Gasteiger partial charge in [-0.3, -0.25) is 4.79 Å². The quantitative estimate of drug-likeness (QED) is 0.675. The van der Waals surface area contributed by atoms with E-state index in [0.29, 0.717) is 31.1 Å². The van der Waals surface area contributed by atoms with Crippen LogP contribution in [0.15, 0.2) is 36.4 Å². The molecular weight excluding hydrogens is 399 g/mol. The van der Waals surface area contributed by atoms with Crippen LogP contribution in [0, 0.1) is 11.7 Å². The van der Waals surface area contributed by atoms with Gasteiger partial charge in [0.05, 0.1) is 16.7 Å². The third kappa shape index (κ3) is 4.20. The molecule has 1 saturated heterocycles. The van der Waals surface area contributed by atoms with Crippen LogP contribution < -0.4 is 0 Å². The van der Waals surface area contributed by atoms with E-state index >= 15 is 4.39 Å². The molecule has 2 aromatic rings. The van der Waals surface area contributed by atoms with Gasteiger partial charge in [-0.1, -0.05) is 18.5 Å². The molecule has 0 amide bonds. The molecule has 1 atom stereocenters. The number of rotatable bonds is 6. The molecule has 29 heavy (non-hydrogen) atoms. The molecule has 0 spiro atoms. The van der Waals surface area contributed by atoms with Crippen molar-refractivity contribution in [2.75, 3.05) is 13.2 Å². The third-order valence-corrected chi connectivity index (χ3v) is 5.84. The van der Waals surface area contributed by atoms with E-state index in [1.807, 2.05) is 0 Å². The van der Waals surface area contributed by atoms with E-state index in [4.69, 9.17) is 16.3 Å². The van der Waals surface area contributed by atoms with Crippen molar-refractivity contribution in [2.24, 2.45) is 5.92 Å². The first kappa shape index (κ1) is 21.4. The Morgan fingerprint density at radius 3 is 2.38 bits per heavy atom. The summed E-state index contributed by atoms with van der Waals surface area (Å²) in [5.74, 6) is -3.36. The fourth-order valence-corrected chi connectivity index (χ4v) is 4.03. The number of aromatic carboxylic acids is 1. The lowest BCUT2D eigenvalue weighted by molar-refractivity contribution is -0.0732. The second kappa shape index (κ2) is 8.61. The molecule has 7 heteroatoms. The fraction of sp³-hybridized carbons (Fsp3) is 0.364. The van der Waals surface area contributed by atoms with Crippen molar-refractivity contribution in [3.05, 3.63) is 69.5 Å². The van der Waals surface area contributed by atoms with Crippen molar-refractivity contribution >= 4 is 23.4 Å². The molecule has 1 fully saturated rings. The van der Waals surface area contributed by atoms with E-state index in [-0.39, 0.29) is 23.5 Å². The molecule has 5 nitrogen and oxygen atoms in total. The number of carboxylic acid groups (broad SMARTS) is 1. The van der Waals surface area contributed by atoms with Gasteiger partial charge < -0.3 is 14.9 Å². The first-order chi connectivity index (χ1) is 13.8. The van der Waals surface area contributed by atoms with Gasteiger partial charge in [0, 0.05) is 23.8 Å². The van der Waals surface area contributed by atoms with Gasteiger partial charge in [-0.15, -0.1) is 0 Å². The van der Waals surface area contributed by atoms with Crippen LogP contribution in [0.1, 0.15) is 58.0 Å². The molecule has 1 unspecified atom stereocenters. The minimum atomic E-state index is -1.44. The number of carboxylic acids is 1. The molecule has 1 aliphatic rings. The van der Waals surface area contributed by atoms with Gasteiger partial charge in [0.2, 0.25) is 0 Å². The van der Waals surface area contributed by atoms with Crippen LogP contribution in [0.2, 0.25) is 5.02 Å².